The van der Waals surface area contributed by atoms with E-state index in [4.69, 9.17) is 15.2 Å². The number of nitrogen functional groups attached to an aromatic ring is 1. The molecule has 3 rings (SSSR count). The summed E-state index contributed by atoms with van der Waals surface area (Å²) in [5, 5.41) is 9.40. The molecule has 2 amide bonds. The lowest BCUT2D eigenvalue weighted by molar-refractivity contribution is 0.187. The van der Waals surface area contributed by atoms with Crippen molar-refractivity contribution in [3.8, 4) is 17.2 Å². The lowest BCUT2D eigenvalue weighted by Crippen LogP contribution is -2.38. The number of rotatable bonds is 4. The fraction of sp³-hybridized carbons (Fsp3) is 0. The maximum absolute atomic E-state index is 13.5. The van der Waals surface area contributed by atoms with Gasteiger partial charge in [-0.25, -0.2) is 19.0 Å². The smallest absolute Gasteiger partial charge is 0.430 e. The minimum atomic E-state index is -1.59. The van der Waals surface area contributed by atoms with E-state index in [-0.39, 0.29) is 28.8 Å². The van der Waals surface area contributed by atoms with Crippen molar-refractivity contribution in [2.75, 3.05) is 10.6 Å². The molecule has 0 spiro atoms. The van der Waals surface area contributed by atoms with Crippen LogP contribution in [0.3, 0.4) is 0 Å². The van der Waals surface area contributed by atoms with Crippen LogP contribution in [0.4, 0.5) is 25.5 Å². The molecule has 1 aromatic heterocycles. The van der Waals surface area contributed by atoms with Gasteiger partial charge in [0, 0.05) is 18.3 Å². The highest BCUT2D eigenvalue weighted by Gasteiger charge is 2.27. The molecule has 3 N–H and O–H groups in total. The van der Waals surface area contributed by atoms with E-state index in [1.807, 2.05) is 0 Å². The average molecular weight is 383 g/mol. The Morgan fingerprint density at radius 3 is 2.39 bits per heavy atom. The zero-order valence-electron chi connectivity index (χ0n) is 14.3. The van der Waals surface area contributed by atoms with Gasteiger partial charge in [0.25, 0.3) is 0 Å². The summed E-state index contributed by atoms with van der Waals surface area (Å²) in [7, 11) is 0. The summed E-state index contributed by atoms with van der Waals surface area (Å²) >= 11 is 0. The summed E-state index contributed by atoms with van der Waals surface area (Å²) in [6, 6.07) is 14.4. The first-order valence-electron chi connectivity index (χ1n) is 7.93. The largest absolute Gasteiger partial charge is 0.464 e. The molecule has 28 heavy (non-hydrogen) atoms. The highest BCUT2D eigenvalue weighted by Crippen LogP contribution is 2.27. The Hall–Kier alpha value is -4.14. The van der Waals surface area contributed by atoms with E-state index in [0.29, 0.717) is 4.90 Å². The molecule has 142 valence electrons. The molecule has 8 nitrogen and oxygen atoms in total. The first-order chi connectivity index (χ1) is 13.4. The van der Waals surface area contributed by atoms with Crippen LogP contribution >= 0.6 is 0 Å². The molecule has 0 aliphatic carbocycles. The number of anilines is 2. The van der Waals surface area contributed by atoms with E-state index in [2.05, 4.69) is 4.98 Å². The fourth-order valence-corrected chi connectivity index (χ4v) is 2.20. The van der Waals surface area contributed by atoms with E-state index in [9.17, 15) is 19.1 Å². The Bertz CT molecular complexity index is 1010. The Kier molecular flexibility index (Phi) is 5.35. The molecule has 0 fully saturated rings. The monoisotopic (exact) mass is 383 g/mol. The molecule has 9 heteroatoms. The highest BCUT2D eigenvalue weighted by molar-refractivity contribution is 6.08. The number of hydrogen-bond donors (Lipinski definition) is 2. The summed E-state index contributed by atoms with van der Waals surface area (Å²) in [5.74, 6) is -0.471. The van der Waals surface area contributed by atoms with Crippen LogP contribution < -0.4 is 20.1 Å². The molecule has 0 bridgehead atoms. The minimum Gasteiger partial charge on any atom is -0.464 e. The Labute approximate surface area is 158 Å². The van der Waals surface area contributed by atoms with Gasteiger partial charge in [0.2, 0.25) is 0 Å². The van der Waals surface area contributed by atoms with Crippen LogP contribution in [-0.2, 0) is 0 Å². The number of carbonyl (C=O) groups is 2. The molecule has 0 saturated heterocycles. The van der Waals surface area contributed by atoms with Crippen LogP contribution in [0.25, 0.3) is 0 Å². The van der Waals surface area contributed by atoms with Gasteiger partial charge in [0.05, 0.1) is 5.69 Å². The molecular weight excluding hydrogens is 369 g/mol. The number of imide groups is 1. The second kappa shape index (κ2) is 8.04. The van der Waals surface area contributed by atoms with E-state index in [1.165, 1.54) is 42.6 Å². The van der Waals surface area contributed by atoms with Crippen molar-refractivity contribution in [3.63, 3.8) is 0 Å². The van der Waals surface area contributed by atoms with Crippen molar-refractivity contribution in [1.29, 1.82) is 0 Å². The number of nitrogens with two attached hydrogens (primary N) is 1. The number of carboxylic acid groups (broad SMARTS) is 1. The van der Waals surface area contributed by atoms with Crippen molar-refractivity contribution in [2.24, 2.45) is 0 Å². The van der Waals surface area contributed by atoms with Crippen LogP contribution in [0.5, 0.6) is 17.2 Å². The summed E-state index contributed by atoms with van der Waals surface area (Å²) in [6.07, 6.45) is -1.52. The van der Waals surface area contributed by atoms with Gasteiger partial charge in [0.1, 0.15) is 23.1 Å². The lowest BCUT2D eigenvalue weighted by atomic mass is 10.3. The molecule has 3 aromatic rings. The number of amides is 2. The summed E-state index contributed by atoms with van der Waals surface area (Å²) in [6.45, 7) is 0. The zero-order valence-corrected chi connectivity index (χ0v) is 14.3. The minimum absolute atomic E-state index is 0.0384. The predicted molar refractivity (Wildman–Crippen MR) is 98.1 cm³/mol. The third kappa shape index (κ3) is 4.33. The van der Waals surface area contributed by atoms with Crippen molar-refractivity contribution in [2.45, 2.75) is 0 Å². The maximum Gasteiger partial charge on any atom is 0.430 e. The van der Waals surface area contributed by atoms with Crippen molar-refractivity contribution >= 4 is 23.7 Å². The standard InChI is InChI=1S/C19H14FN3O5/c20-15-10-13(6-7-16(15)21)27-14-8-9-22-17(11-14)23(18(24)25)19(26)28-12-4-2-1-3-5-12/h1-11H,21H2,(H,24,25). The van der Waals surface area contributed by atoms with Gasteiger partial charge in [-0.3, -0.25) is 0 Å². The number of halogens is 1. The molecule has 0 atom stereocenters. The topological polar surface area (TPSA) is 115 Å². The number of nitrogens with zero attached hydrogens (tertiary/aromatic N) is 2. The van der Waals surface area contributed by atoms with Gasteiger partial charge < -0.3 is 20.3 Å². The van der Waals surface area contributed by atoms with Crippen molar-refractivity contribution in [1.82, 2.24) is 4.98 Å². The number of ether oxygens (including phenoxy) is 2. The average Bonchev–Trinajstić information content (AvgIpc) is 2.66. The van der Waals surface area contributed by atoms with E-state index in [0.717, 1.165) is 6.07 Å². The number of aromatic nitrogens is 1. The second-order valence-electron chi connectivity index (χ2n) is 5.43. The van der Waals surface area contributed by atoms with Crippen molar-refractivity contribution < 1.29 is 28.6 Å². The Balaban J connectivity index is 1.83. The molecule has 1 heterocycles. The third-order valence-corrected chi connectivity index (χ3v) is 3.48. The molecular formula is C19H14FN3O5. The van der Waals surface area contributed by atoms with Gasteiger partial charge in [-0.05, 0) is 30.3 Å². The summed E-state index contributed by atoms with van der Waals surface area (Å²) in [4.78, 5) is 28.0. The second-order valence-corrected chi connectivity index (χ2v) is 5.43. The highest BCUT2D eigenvalue weighted by atomic mass is 19.1. The lowest BCUT2D eigenvalue weighted by Gasteiger charge is -2.16. The van der Waals surface area contributed by atoms with Crippen molar-refractivity contribution in [3.05, 3.63) is 72.7 Å². The normalized spacial score (nSPS) is 10.2. The predicted octanol–water partition coefficient (Wildman–Crippen LogP) is 4.28. The van der Waals surface area contributed by atoms with Crippen LogP contribution in [0, 0.1) is 5.82 Å². The SMILES string of the molecule is Nc1ccc(Oc2ccnc(N(C(=O)O)C(=O)Oc3ccccc3)c2)cc1F. The van der Waals surface area contributed by atoms with Crippen LogP contribution in [0.15, 0.2) is 66.9 Å². The molecule has 0 unspecified atom stereocenters. The molecule has 0 radical (unpaired) electrons. The quantitative estimate of drug-likeness (QED) is 0.646. The van der Waals surface area contributed by atoms with Gasteiger partial charge in [-0.15, -0.1) is 0 Å². The molecule has 0 saturated carbocycles. The third-order valence-electron chi connectivity index (χ3n) is 3.48. The van der Waals surface area contributed by atoms with Gasteiger partial charge in [0.15, 0.2) is 5.82 Å². The number of para-hydroxylation sites is 1. The maximum atomic E-state index is 13.5. The number of pyridine rings is 1. The number of hydrogen-bond acceptors (Lipinski definition) is 6. The Morgan fingerprint density at radius 2 is 1.71 bits per heavy atom. The molecule has 2 aromatic carbocycles. The first kappa shape index (κ1) is 18.6. The fourth-order valence-electron chi connectivity index (χ4n) is 2.20. The van der Waals surface area contributed by atoms with Gasteiger partial charge in [-0.1, -0.05) is 18.2 Å². The van der Waals surface area contributed by atoms with Crippen LogP contribution in [0.2, 0.25) is 0 Å². The molecule has 0 aliphatic rings. The summed E-state index contributed by atoms with van der Waals surface area (Å²) < 4.78 is 24.1. The van der Waals surface area contributed by atoms with Crippen LogP contribution in [0.1, 0.15) is 0 Å². The first-order valence-corrected chi connectivity index (χ1v) is 7.93. The van der Waals surface area contributed by atoms with Gasteiger partial charge in [-0.2, -0.15) is 4.90 Å². The Morgan fingerprint density at radius 1 is 1.00 bits per heavy atom. The number of carbonyl (C=O) groups excluding carboxylic acids is 1. The van der Waals surface area contributed by atoms with Gasteiger partial charge >= 0.3 is 12.2 Å². The number of benzene rings is 2. The van der Waals surface area contributed by atoms with Crippen LogP contribution in [-0.4, -0.2) is 22.3 Å². The van der Waals surface area contributed by atoms with E-state index >= 15 is 0 Å². The van der Waals surface area contributed by atoms with E-state index in [1.54, 1.807) is 18.2 Å². The summed E-state index contributed by atoms with van der Waals surface area (Å²) in [5.41, 5.74) is 5.37. The zero-order chi connectivity index (χ0) is 20.1. The van der Waals surface area contributed by atoms with E-state index < -0.39 is 18.0 Å². The molecule has 0 aliphatic heterocycles.